The Bertz CT molecular complexity index is 977. The van der Waals surface area contributed by atoms with Crippen LogP contribution in [0, 0.1) is 6.92 Å². The van der Waals surface area contributed by atoms with Crippen molar-refractivity contribution in [3.8, 4) is 0 Å². The maximum Gasteiger partial charge on any atom is 0.335 e. The van der Waals surface area contributed by atoms with Crippen LogP contribution in [0.15, 0.2) is 52.4 Å². The Balaban J connectivity index is 1.90. The Hall–Kier alpha value is -3.39. The molecule has 7 nitrogen and oxygen atoms in total. The van der Waals surface area contributed by atoms with Crippen molar-refractivity contribution in [3.05, 3.63) is 69.6 Å². The minimum Gasteiger partial charge on any atom is -0.478 e. The third kappa shape index (κ3) is 4.42. The number of amidine groups is 1. The molecule has 136 valence electrons. The van der Waals surface area contributed by atoms with Crippen molar-refractivity contribution < 1.29 is 24.6 Å². The van der Waals surface area contributed by atoms with Gasteiger partial charge in [-0.15, -0.1) is 0 Å². The van der Waals surface area contributed by atoms with Crippen LogP contribution in [0.5, 0.6) is 0 Å². The van der Waals surface area contributed by atoms with Crippen molar-refractivity contribution in [1.82, 2.24) is 5.32 Å². The Morgan fingerprint density at radius 3 is 2.19 bits per heavy atom. The topological polar surface area (TPSA) is 116 Å². The van der Waals surface area contributed by atoms with Crippen molar-refractivity contribution in [2.75, 3.05) is 0 Å². The summed E-state index contributed by atoms with van der Waals surface area (Å²) in [5, 5.41) is 21.1. The molecule has 1 aliphatic rings. The molecule has 1 aliphatic heterocycles. The van der Waals surface area contributed by atoms with Crippen molar-refractivity contribution in [3.63, 3.8) is 0 Å². The Labute approximate surface area is 158 Å². The quantitative estimate of drug-likeness (QED) is 0.699. The van der Waals surface area contributed by atoms with E-state index in [-0.39, 0.29) is 27.9 Å². The van der Waals surface area contributed by atoms with E-state index in [2.05, 4.69) is 10.3 Å². The summed E-state index contributed by atoms with van der Waals surface area (Å²) in [6.45, 7) is 1.97. The molecule has 0 atom stereocenters. The maximum absolute atomic E-state index is 12.1. The average molecular weight is 382 g/mol. The predicted octanol–water partition coefficient (Wildman–Crippen LogP) is 3.28. The van der Waals surface area contributed by atoms with Gasteiger partial charge in [-0.25, -0.2) is 14.6 Å². The summed E-state index contributed by atoms with van der Waals surface area (Å²) in [6.07, 6.45) is 1.72. The number of hydrogen-bond acceptors (Lipinski definition) is 5. The van der Waals surface area contributed by atoms with Crippen LogP contribution in [-0.4, -0.2) is 33.2 Å². The van der Waals surface area contributed by atoms with E-state index < -0.39 is 11.9 Å². The van der Waals surface area contributed by atoms with Gasteiger partial charge in [0.25, 0.3) is 5.91 Å². The minimum absolute atomic E-state index is 0.131. The van der Waals surface area contributed by atoms with Gasteiger partial charge in [0.1, 0.15) is 0 Å². The molecule has 3 N–H and O–H groups in total. The first kappa shape index (κ1) is 18.4. The largest absolute Gasteiger partial charge is 0.478 e. The molecule has 0 aromatic heterocycles. The second-order valence-corrected chi connectivity index (χ2v) is 6.80. The highest BCUT2D eigenvalue weighted by Gasteiger charge is 2.24. The average Bonchev–Trinajstić information content (AvgIpc) is 2.95. The molecule has 3 rings (SSSR count). The fourth-order valence-corrected chi connectivity index (χ4v) is 3.18. The van der Waals surface area contributed by atoms with Gasteiger partial charge in [0.05, 0.1) is 21.7 Å². The van der Waals surface area contributed by atoms with Crippen molar-refractivity contribution in [2.45, 2.75) is 6.92 Å². The van der Waals surface area contributed by atoms with Gasteiger partial charge in [-0.3, -0.25) is 4.79 Å². The van der Waals surface area contributed by atoms with Gasteiger partial charge in [0, 0.05) is 0 Å². The van der Waals surface area contributed by atoms with Crippen molar-refractivity contribution >= 4 is 46.5 Å². The number of rotatable bonds is 4. The second kappa shape index (κ2) is 7.46. The third-order valence-electron chi connectivity index (χ3n) is 3.67. The van der Waals surface area contributed by atoms with Crippen LogP contribution in [0.2, 0.25) is 0 Å². The van der Waals surface area contributed by atoms with E-state index in [4.69, 9.17) is 10.2 Å². The first-order valence-corrected chi connectivity index (χ1v) is 8.61. The summed E-state index contributed by atoms with van der Waals surface area (Å²) < 4.78 is 0. The molecule has 0 aliphatic carbocycles. The lowest BCUT2D eigenvalue weighted by atomic mass is 10.1. The number of aryl methyl sites for hydroxylation is 1. The van der Waals surface area contributed by atoms with Gasteiger partial charge in [0.15, 0.2) is 5.17 Å². The molecule has 27 heavy (non-hydrogen) atoms. The van der Waals surface area contributed by atoms with Gasteiger partial charge in [-0.05, 0) is 48.5 Å². The van der Waals surface area contributed by atoms with Crippen molar-refractivity contribution in [1.29, 1.82) is 0 Å². The first-order valence-electron chi connectivity index (χ1n) is 7.80. The van der Waals surface area contributed by atoms with Crippen LogP contribution in [0.1, 0.15) is 31.8 Å². The molecule has 2 aromatic carbocycles. The highest BCUT2D eigenvalue weighted by molar-refractivity contribution is 8.18. The molecule has 1 heterocycles. The summed E-state index contributed by atoms with van der Waals surface area (Å²) in [7, 11) is 0. The Kier molecular flexibility index (Phi) is 5.09. The number of carbonyl (C=O) groups is 3. The fourth-order valence-electron chi connectivity index (χ4n) is 2.33. The number of thioether (sulfide) groups is 1. The Morgan fingerprint density at radius 2 is 1.63 bits per heavy atom. The maximum atomic E-state index is 12.1. The normalized spacial score (nSPS) is 16.6. The van der Waals surface area contributed by atoms with Crippen LogP contribution in [0.4, 0.5) is 5.69 Å². The van der Waals surface area contributed by atoms with Crippen LogP contribution < -0.4 is 5.32 Å². The monoisotopic (exact) mass is 382 g/mol. The van der Waals surface area contributed by atoms with Gasteiger partial charge in [-0.1, -0.05) is 29.8 Å². The third-order valence-corrected chi connectivity index (χ3v) is 4.58. The summed E-state index contributed by atoms with van der Waals surface area (Å²) in [6, 6.07) is 11.2. The smallest absolute Gasteiger partial charge is 0.335 e. The fraction of sp³-hybridized carbons (Fsp3) is 0.0526. The van der Waals surface area contributed by atoms with E-state index in [0.29, 0.717) is 4.91 Å². The van der Waals surface area contributed by atoms with E-state index >= 15 is 0 Å². The molecule has 1 saturated heterocycles. The lowest BCUT2D eigenvalue weighted by Crippen LogP contribution is -2.19. The lowest BCUT2D eigenvalue weighted by molar-refractivity contribution is -0.115. The van der Waals surface area contributed by atoms with Crippen LogP contribution in [-0.2, 0) is 4.79 Å². The molecule has 1 fully saturated rings. The zero-order valence-corrected chi connectivity index (χ0v) is 14.9. The van der Waals surface area contributed by atoms with Crippen LogP contribution in [0.25, 0.3) is 6.08 Å². The number of carboxylic acid groups (broad SMARTS) is 2. The molecule has 0 spiro atoms. The summed E-state index contributed by atoms with van der Waals surface area (Å²) in [4.78, 5) is 39.1. The Morgan fingerprint density at radius 1 is 1.04 bits per heavy atom. The van der Waals surface area contributed by atoms with Crippen LogP contribution in [0.3, 0.4) is 0 Å². The SMILES string of the molecule is Cc1ccc(/C=C2\SC(=Nc3cc(C(=O)O)cc(C(=O)O)c3)NC2=O)cc1. The highest BCUT2D eigenvalue weighted by Crippen LogP contribution is 2.29. The summed E-state index contributed by atoms with van der Waals surface area (Å²) in [5.74, 6) is -2.85. The van der Waals surface area contributed by atoms with Gasteiger partial charge < -0.3 is 15.5 Å². The molecule has 0 unspecified atom stereocenters. The zero-order valence-electron chi connectivity index (χ0n) is 14.1. The number of aliphatic imine (C=N–C) groups is 1. The number of nitrogens with zero attached hydrogens (tertiary/aromatic N) is 1. The van der Waals surface area contributed by atoms with Gasteiger partial charge in [0.2, 0.25) is 0 Å². The number of nitrogens with one attached hydrogen (secondary N) is 1. The molecular weight excluding hydrogens is 368 g/mol. The molecule has 0 radical (unpaired) electrons. The molecule has 0 saturated carbocycles. The number of carboxylic acids is 2. The molecular formula is C19H14N2O5S. The number of hydrogen-bond donors (Lipinski definition) is 3. The lowest BCUT2D eigenvalue weighted by Gasteiger charge is -2.02. The van der Waals surface area contributed by atoms with Gasteiger partial charge in [-0.2, -0.15) is 0 Å². The van der Waals surface area contributed by atoms with Crippen molar-refractivity contribution in [2.24, 2.45) is 4.99 Å². The second-order valence-electron chi connectivity index (χ2n) is 5.77. The molecule has 0 bridgehead atoms. The van der Waals surface area contributed by atoms with E-state index in [9.17, 15) is 14.4 Å². The predicted molar refractivity (Wildman–Crippen MR) is 102 cm³/mol. The number of aromatic carboxylic acids is 2. The standard InChI is InChI=1S/C19H14N2O5S/c1-10-2-4-11(5-3-10)6-15-16(22)21-19(27-15)20-14-8-12(17(23)24)7-13(9-14)18(25)26/h2-9H,1H3,(H,23,24)(H,25,26)(H,20,21,22)/b15-6-. The van der Waals surface area contributed by atoms with E-state index in [1.165, 1.54) is 12.1 Å². The number of amides is 1. The first-order chi connectivity index (χ1) is 12.8. The van der Waals surface area contributed by atoms with E-state index in [1.54, 1.807) is 6.08 Å². The van der Waals surface area contributed by atoms with E-state index in [1.807, 2.05) is 31.2 Å². The minimum atomic E-state index is -1.26. The van der Waals surface area contributed by atoms with Gasteiger partial charge >= 0.3 is 11.9 Å². The molecule has 1 amide bonds. The summed E-state index contributed by atoms with van der Waals surface area (Å²) in [5.41, 5.74) is 1.71. The van der Waals surface area contributed by atoms with Crippen LogP contribution >= 0.6 is 11.8 Å². The molecule has 8 heteroatoms. The highest BCUT2D eigenvalue weighted by atomic mass is 32.2. The summed E-state index contributed by atoms with van der Waals surface area (Å²) >= 11 is 1.10. The number of carbonyl (C=O) groups excluding carboxylic acids is 1. The number of benzene rings is 2. The zero-order chi connectivity index (χ0) is 19.6. The molecule has 2 aromatic rings. The van der Waals surface area contributed by atoms with E-state index in [0.717, 1.165) is 29.0 Å².